The Kier molecular flexibility index (Phi) is 5.01. The van der Waals surface area contributed by atoms with Gasteiger partial charge in [0, 0.05) is 6.42 Å². The normalized spacial score (nSPS) is 21.4. The van der Waals surface area contributed by atoms with Crippen molar-refractivity contribution >= 4 is 5.91 Å². The summed E-state index contributed by atoms with van der Waals surface area (Å²) >= 11 is 0. The van der Waals surface area contributed by atoms with E-state index in [1.54, 1.807) is 6.07 Å². The van der Waals surface area contributed by atoms with E-state index in [0.29, 0.717) is 11.5 Å². The molecular weight excluding hydrogens is 277 g/mol. The van der Waals surface area contributed by atoms with Gasteiger partial charge in [-0.05, 0) is 24.6 Å². The molecule has 1 amide bonds. The van der Waals surface area contributed by atoms with E-state index in [9.17, 15) is 14.3 Å². The zero-order valence-electron chi connectivity index (χ0n) is 12.2. The molecule has 0 spiro atoms. The van der Waals surface area contributed by atoms with E-state index in [4.69, 9.17) is 9.47 Å². The van der Waals surface area contributed by atoms with Gasteiger partial charge in [-0.25, -0.2) is 4.39 Å². The monoisotopic (exact) mass is 297 g/mol. The van der Waals surface area contributed by atoms with Crippen LogP contribution in [0.4, 0.5) is 4.39 Å². The van der Waals surface area contributed by atoms with Gasteiger partial charge < -0.3 is 19.5 Å². The molecule has 0 aliphatic carbocycles. The maximum Gasteiger partial charge on any atom is 0.260 e. The predicted octanol–water partition coefficient (Wildman–Crippen LogP) is 1.31. The highest BCUT2D eigenvalue weighted by Gasteiger charge is 2.34. The highest BCUT2D eigenvalue weighted by molar-refractivity contribution is 5.78. The number of alkyl halides is 1. The Morgan fingerprint density at radius 2 is 2.24 bits per heavy atom. The minimum absolute atomic E-state index is 0.0124. The highest BCUT2D eigenvalue weighted by Crippen LogP contribution is 2.28. The van der Waals surface area contributed by atoms with Crippen molar-refractivity contribution in [1.29, 1.82) is 0 Å². The number of methoxy groups -OCH3 is 1. The van der Waals surface area contributed by atoms with Crippen LogP contribution in [0.2, 0.25) is 0 Å². The molecule has 0 unspecified atom stereocenters. The second kappa shape index (κ2) is 6.76. The van der Waals surface area contributed by atoms with E-state index in [-0.39, 0.29) is 32.1 Å². The minimum atomic E-state index is -1.08. The van der Waals surface area contributed by atoms with Crippen LogP contribution in [0.3, 0.4) is 0 Å². The van der Waals surface area contributed by atoms with Crippen molar-refractivity contribution in [1.82, 2.24) is 4.90 Å². The Hall–Kier alpha value is -1.82. The lowest BCUT2D eigenvalue weighted by molar-refractivity contribution is -0.135. The van der Waals surface area contributed by atoms with Crippen LogP contribution >= 0.6 is 0 Å². The van der Waals surface area contributed by atoms with Gasteiger partial charge in [0.15, 0.2) is 18.1 Å². The first-order valence-corrected chi connectivity index (χ1v) is 6.87. The van der Waals surface area contributed by atoms with Crippen LogP contribution in [0.1, 0.15) is 12.0 Å². The van der Waals surface area contributed by atoms with E-state index in [0.717, 1.165) is 5.56 Å². The molecule has 6 heteroatoms. The van der Waals surface area contributed by atoms with Crippen molar-refractivity contribution in [3.63, 3.8) is 0 Å². The number of halogens is 1. The summed E-state index contributed by atoms with van der Waals surface area (Å²) in [7, 11) is 1.53. The lowest BCUT2D eigenvalue weighted by atomic mass is 10.2. The summed E-state index contributed by atoms with van der Waals surface area (Å²) in [6.07, 6.45) is -0.907. The van der Waals surface area contributed by atoms with Gasteiger partial charge in [0.2, 0.25) is 0 Å². The summed E-state index contributed by atoms with van der Waals surface area (Å²) in [5.74, 6) is 0.677. The smallest absolute Gasteiger partial charge is 0.260 e. The van der Waals surface area contributed by atoms with Gasteiger partial charge in [-0.1, -0.05) is 6.07 Å². The number of likely N-dealkylation sites (tertiary alicyclic amines) is 1. The van der Waals surface area contributed by atoms with Gasteiger partial charge in [-0.2, -0.15) is 0 Å². The van der Waals surface area contributed by atoms with Crippen LogP contribution in [0.25, 0.3) is 0 Å². The first-order valence-electron chi connectivity index (χ1n) is 6.87. The predicted molar refractivity (Wildman–Crippen MR) is 75.3 cm³/mol. The molecule has 1 fully saturated rings. The molecule has 1 N–H and O–H groups in total. The van der Waals surface area contributed by atoms with Crippen molar-refractivity contribution in [2.45, 2.75) is 25.6 Å². The average molecular weight is 297 g/mol. The lowest BCUT2D eigenvalue weighted by Gasteiger charge is -2.22. The first kappa shape index (κ1) is 15.6. The summed E-state index contributed by atoms with van der Waals surface area (Å²) in [6.45, 7) is 1.50. The zero-order chi connectivity index (χ0) is 15.4. The van der Waals surface area contributed by atoms with Crippen molar-refractivity contribution in [2.24, 2.45) is 0 Å². The number of ether oxygens (including phenoxy) is 2. The van der Waals surface area contributed by atoms with Crippen molar-refractivity contribution in [3.8, 4) is 11.5 Å². The number of carbonyl (C=O) groups is 1. The minimum Gasteiger partial charge on any atom is -0.493 e. The molecule has 5 nitrogen and oxygen atoms in total. The third kappa shape index (κ3) is 3.64. The van der Waals surface area contributed by atoms with E-state index >= 15 is 0 Å². The van der Waals surface area contributed by atoms with Gasteiger partial charge in [-0.15, -0.1) is 0 Å². The number of aliphatic hydroxyl groups is 1. The van der Waals surface area contributed by atoms with Gasteiger partial charge >= 0.3 is 0 Å². The number of rotatable bonds is 5. The number of nitrogens with zero attached hydrogens (tertiary/aromatic N) is 1. The van der Waals surface area contributed by atoms with Crippen molar-refractivity contribution in [3.05, 3.63) is 23.8 Å². The molecule has 1 aromatic carbocycles. The number of amides is 1. The molecule has 1 heterocycles. The summed E-state index contributed by atoms with van der Waals surface area (Å²) in [5, 5.41) is 9.18. The van der Waals surface area contributed by atoms with Crippen LogP contribution in [-0.4, -0.2) is 55.0 Å². The van der Waals surface area contributed by atoms with Crippen LogP contribution in [0.5, 0.6) is 11.5 Å². The first-order chi connectivity index (χ1) is 10.0. The molecule has 1 aromatic rings. The Morgan fingerprint density at radius 3 is 2.90 bits per heavy atom. The van der Waals surface area contributed by atoms with Crippen LogP contribution in [0.15, 0.2) is 18.2 Å². The SMILES string of the molecule is COc1cc(C)ccc1OCC(=O)N1C[C@@H](F)C[C@H]1CO. The summed E-state index contributed by atoms with van der Waals surface area (Å²) in [6, 6.07) is 4.93. The fourth-order valence-corrected chi connectivity index (χ4v) is 2.45. The maximum absolute atomic E-state index is 13.3. The molecule has 0 aromatic heterocycles. The fraction of sp³-hybridized carbons (Fsp3) is 0.533. The molecular formula is C15H20FNO4. The standard InChI is InChI=1S/C15H20FNO4/c1-10-3-4-13(14(5-10)20-2)21-9-15(19)17-7-11(16)6-12(17)8-18/h3-5,11-12,18H,6-9H2,1-2H3/t11-,12-/m0/s1. The summed E-state index contributed by atoms with van der Waals surface area (Å²) in [4.78, 5) is 13.4. The van der Waals surface area contributed by atoms with E-state index < -0.39 is 12.2 Å². The Morgan fingerprint density at radius 1 is 1.48 bits per heavy atom. The second-order valence-electron chi connectivity index (χ2n) is 5.16. The van der Waals surface area contributed by atoms with Gasteiger partial charge in [0.05, 0.1) is 26.3 Å². The third-order valence-electron chi connectivity index (χ3n) is 3.56. The number of carbonyl (C=O) groups excluding carboxylic acids is 1. The second-order valence-corrected chi connectivity index (χ2v) is 5.16. The number of hydrogen-bond acceptors (Lipinski definition) is 4. The number of aryl methyl sites for hydroxylation is 1. The summed E-state index contributed by atoms with van der Waals surface area (Å²) < 4.78 is 24.0. The van der Waals surface area contributed by atoms with Crippen LogP contribution < -0.4 is 9.47 Å². The van der Waals surface area contributed by atoms with E-state index in [1.807, 2.05) is 19.1 Å². The van der Waals surface area contributed by atoms with Gasteiger partial charge in [0.25, 0.3) is 5.91 Å². The van der Waals surface area contributed by atoms with Crippen LogP contribution in [-0.2, 0) is 4.79 Å². The summed E-state index contributed by atoms with van der Waals surface area (Å²) in [5.41, 5.74) is 1.02. The third-order valence-corrected chi connectivity index (χ3v) is 3.56. The van der Waals surface area contributed by atoms with Crippen molar-refractivity contribution < 1.29 is 23.8 Å². The highest BCUT2D eigenvalue weighted by atomic mass is 19.1. The molecule has 116 valence electrons. The molecule has 0 saturated carbocycles. The molecule has 1 saturated heterocycles. The molecule has 0 bridgehead atoms. The van der Waals surface area contributed by atoms with Crippen LogP contribution in [0, 0.1) is 6.92 Å². The number of benzene rings is 1. The molecule has 0 radical (unpaired) electrons. The van der Waals surface area contributed by atoms with Crippen molar-refractivity contribution in [2.75, 3.05) is 26.9 Å². The maximum atomic E-state index is 13.3. The topological polar surface area (TPSA) is 59.0 Å². The molecule has 2 rings (SSSR count). The Labute approximate surface area is 123 Å². The average Bonchev–Trinajstić information content (AvgIpc) is 2.86. The Bertz CT molecular complexity index is 508. The molecule has 1 aliphatic heterocycles. The van der Waals surface area contributed by atoms with E-state index in [2.05, 4.69) is 0 Å². The van der Waals surface area contributed by atoms with Gasteiger partial charge in [0.1, 0.15) is 6.17 Å². The molecule has 2 atom stereocenters. The molecule has 21 heavy (non-hydrogen) atoms. The molecule has 1 aliphatic rings. The quantitative estimate of drug-likeness (QED) is 0.890. The lowest BCUT2D eigenvalue weighted by Crippen LogP contribution is -2.40. The zero-order valence-corrected chi connectivity index (χ0v) is 12.2. The number of aliphatic hydroxyl groups excluding tert-OH is 1. The van der Waals surface area contributed by atoms with E-state index in [1.165, 1.54) is 12.0 Å². The number of hydrogen-bond donors (Lipinski definition) is 1. The van der Waals surface area contributed by atoms with Gasteiger partial charge in [-0.3, -0.25) is 4.79 Å². The Balaban J connectivity index is 1.98. The largest absolute Gasteiger partial charge is 0.493 e. The fourth-order valence-electron chi connectivity index (χ4n) is 2.45.